The highest BCUT2D eigenvalue weighted by molar-refractivity contribution is 7.15. The molecule has 27 heavy (non-hydrogen) atoms. The molecule has 0 radical (unpaired) electrons. The topological polar surface area (TPSA) is 75.6 Å². The van der Waals surface area contributed by atoms with Gasteiger partial charge in [0.1, 0.15) is 10.7 Å². The lowest BCUT2D eigenvalue weighted by atomic mass is 10.2. The molecule has 0 unspecified atom stereocenters. The molecule has 0 aliphatic rings. The van der Waals surface area contributed by atoms with Crippen LogP contribution in [0.15, 0.2) is 48.5 Å². The van der Waals surface area contributed by atoms with Gasteiger partial charge in [-0.25, -0.2) is 4.68 Å². The summed E-state index contributed by atoms with van der Waals surface area (Å²) in [6, 6.07) is 15.3. The van der Waals surface area contributed by atoms with Gasteiger partial charge in [-0.2, -0.15) is 10.2 Å². The highest BCUT2D eigenvalue weighted by atomic mass is 35.5. The van der Waals surface area contributed by atoms with Crippen molar-refractivity contribution in [2.75, 3.05) is 5.32 Å². The Morgan fingerprint density at radius 2 is 1.96 bits per heavy atom. The number of carbonyl (C=O) groups excluding carboxylic acids is 1. The third-order valence-corrected chi connectivity index (χ3v) is 5.44. The van der Waals surface area contributed by atoms with Gasteiger partial charge >= 0.3 is 0 Å². The van der Waals surface area contributed by atoms with Crippen molar-refractivity contribution in [2.45, 2.75) is 13.8 Å². The first kappa shape index (κ1) is 17.5. The first-order chi connectivity index (χ1) is 13.0. The second-order valence-corrected chi connectivity index (χ2v) is 7.68. The number of hydrogen-bond acceptors (Lipinski definition) is 4. The molecule has 136 valence electrons. The van der Waals surface area contributed by atoms with Crippen molar-refractivity contribution in [1.29, 1.82) is 0 Å². The van der Waals surface area contributed by atoms with E-state index in [2.05, 4.69) is 20.6 Å². The molecule has 0 aliphatic heterocycles. The number of amides is 1. The molecular formula is C19H16ClN5OS. The molecule has 0 fully saturated rings. The van der Waals surface area contributed by atoms with E-state index in [-0.39, 0.29) is 11.1 Å². The molecule has 4 aromatic rings. The Kier molecular flexibility index (Phi) is 4.55. The van der Waals surface area contributed by atoms with Crippen LogP contribution in [0, 0.1) is 13.8 Å². The van der Waals surface area contributed by atoms with Crippen molar-refractivity contribution in [2.24, 2.45) is 0 Å². The number of aryl methyl sites for hydroxylation is 2. The first-order valence-electron chi connectivity index (χ1n) is 8.27. The highest BCUT2D eigenvalue weighted by Crippen LogP contribution is 2.28. The third-order valence-electron chi connectivity index (χ3n) is 4.06. The minimum atomic E-state index is -0.347. The molecule has 1 aromatic carbocycles. The standard InChI is InChI=1S/C19H16ClN5OS/c1-11-8-9-15(27-11)14-10-16(23-22-14)21-19(26)17-12(2)24-25(18(17)20)13-6-4-3-5-7-13/h3-10H,1-2H3,(H2,21,22,23,26). The van der Waals surface area contributed by atoms with Crippen LogP contribution in [0.25, 0.3) is 16.3 Å². The molecule has 0 saturated heterocycles. The number of aromatic amines is 1. The molecule has 6 nitrogen and oxygen atoms in total. The molecule has 1 amide bonds. The van der Waals surface area contributed by atoms with E-state index in [0.717, 1.165) is 16.3 Å². The molecule has 4 rings (SSSR count). The van der Waals surface area contributed by atoms with Crippen LogP contribution in [0.5, 0.6) is 0 Å². The second-order valence-electron chi connectivity index (χ2n) is 6.03. The molecular weight excluding hydrogens is 382 g/mol. The summed E-state index contributed by atoms with van der Waals surface area (Å²) in [4.78, 5) is 15.0. The van der Waals surface area contributed by atoms with Crippen LogP contribution in [0.4, 0.5) is 5.82 Å². The molecule has 2 N–H and O–H groups in total. The van der Waals surface area contributed by atoms with E-state index in [1.807, 2.05) is 49.4 Å². The first-order valence-corrected chi connectivity index (χ1v) is 9.46. The van der Waals surface area contributed by atoms with Crippen molar-refractivity contribution in [3.8, 4) is 16.3 Å². The van der Waals surface area contributed by atoms with Crippen molar-refractivity contribution < 1.29 is 4.79 Å². The number of benzene rings is 1. The fraction of sp³-hybridized carbons (Fsp3) is 0.105. The number of hydrogen-bond donors (Lipinski definition) is 2. The molecule has 3 aromatic heterocycles. The van der Waals surface area contributed by atoms with Gasteiger partial charge in [0.25, 0.3) is 5.91 Å². The Balaban J connectivity index is 1.59. The maximum atomic E-state index is 12.8. The van der Waals surface area contributed by atoms with Crippen LogP contribution in [-0.2, 0) is 0 Å². The van der Waals surface area contributed by atoms with E-state index in [0.29, 0.717) is 17.1 Å². The average Bonchev–Trinajstić information content (AvgIpc) is 3.35. The molecule has 8 heteroatoms. The number of halogens is 1. The lowest BCUT2D eigenvalue weighted by Crippen LogP contribution is -2.13. The average molecular weight is 398 g/mol. The lowest BCUT2D eigenvalue weighted by molar-refractivity contribution is 0.102. The van der Waals surface area contributed by atoms with Gasteiger partial charge in [0.2, 0.25) is 0 Å². The van der Waals surface area contributed by atoms with Crippen LogP contribution < -0.4 is 5.32 Å². The summed E-state index contributed by atoms with van der Waals surface area (Å²) in [6.45, 7) is 3.80. The Labute approximate surface area is 164 Å². The van der Waals surface area contributed by atoms with E-state index >= 15 is 0 Å². The van der Waals surface area contributed by atoms with Gasteiger partial charge in [-0.1, -0.05) is 29.8 Å². The van der Waals surface area contributed by atoms with Crippen molar-refractivity contribution >= 4 is 34.7 Å². The van der Waals surface area contributed by atoms with Crippen LogP contribution in [0.1, 0.15) is 20.9 Å². The quantitative estimate of drug-likeness (QED) is 0.517. The van der Waals surface area contributed by atoms with Crippen molar-refractivity contribution in [3.05, 3.63) is 69.8 Å². The number of thiophene rings is 1. The van der Waals surface area contributed by atoms with E-state index in [4.69, 9.17) is 11.6 Å². The number of nitrogens with one attached hydrogen (secondary N) is 2. The maximum absolute atomic E-state index is 12.8. The van der Waals surface area contributed by atoms with Crippen LogP contribution in [0.3, 0.4) is 0 Å². The fourth-order valence-corrected chi connectivity index (χ4v) is 3.96. The van der Waals surface area contributed by atoms with E-state index in [1.165, 1.54) is 4.88 Å². The third kappa shape index (κ3) is 3.39. The van der Waals surface area contributed by atoms with Gasteiger partial charge in [0.15, 0.2) is 5.82 Å². The van der Waals surface area contributed by atoms with Gasteiger partial charge in [-0.05, 0) is 38.1 Å². The number of nitrogens with zero attached hydrogens (tertiary/aromatic N) is 3. The number of anilines is 1. The summed E-state index contributed by atoms with van der Waals surface area (Å²) in [7, 11) is 0. The lowest BCUT2D eigenvalue weighted by Gasteiger charge is -2.03. The zero-order valence-electron chi connectivity index (χ0n) is 14.7. The van der Waals surface area contributed by atoms with Gasteiger partial charge in [0.05, 0.1) is 22.0 Å². The number of rotatable bonds is 4. The summed E-state index contributed by atoms with van der Waals surface area (Å²) in [5.41, 5.74) is 2.52. The number of H-pyrrole nitrogens is 1. The van der Waals surface area contributed by atoms with Crippen LogP contribution in [-0.4, -0.2) is 25.9 Å². The maximum Gasteiger partial charge on any atom is 0.261 e. The van der Waals surface area contributed by atoms with Gasteiger partial charge in [-0.15, -0.1) is 11.3 Å². The van der Waals surface area contributed by atoms with E-state index in [9.17, 15) is 4.79 Å². The van der Waals surface area contributed by atoms with Crippen molar-refractivity contribution in [1.82, 2.24) is 20.0 Å². The Morgan fingerprint density at radius 3 is 2.67 bits per heavy atom. The smallest absolute Gasteiger partial charge is 0.261 e. The number of aromatic nitrogens is 4. The second kappa shape index (κ2) is 7.02. The number of carbonyl (C=O) groups is 1. The number of para-hydroxylation sites is 1. The fourth-order valence-electron chi connectivity index (χ4n) is 2.77. The summed E-state index contributed by atoms with van der Waals surface area (Å²) in [5, 5.41) is 14.6. The molecule has 0 atom stereocenters. The van der Waals surface area contributed by atoms with Crippen LogP contribution >= 0.6 is 22.9 Å². The zero-order valence-corrected chi connectivity index (χ0v) is 16.2. The summed E-state index contributed by atoms with van der Waals surface area (Å²) in [5.74, 6) is 0.0871. The minimum Gasteiger partial charge on any atom is -0.305 e. The van der Waals surface area contributed by atoms with E-state index < -0.39 is 0 Å². The van der Waals surface area contributed by atoms with Gasteiger partial charge in [0, 0.05) is 10.9 Å². The Bertz CT molecular complexity index is 1110. The predicted molar refractivity (Wildman–Crippen MR) is 108 cm³/mol. The summed E-state index contributed by atoms with van der Waals surface area (Å²) >= 11 is 8.10. The Hall–Kier alpha value is -2.90. The van der Waals surface area contributed by atoms with Gasteiger partial charge < -0.3 is 5.32 Å². The highest BCUT2D eigenvalue weighted by Gasteiger charge is 2.22. The summed E-state index contributed by atoms with van der Waals surface area (Å²) in [6.07, 6.45) is 0. The van der Waals surface area contributed by atoms with Crippen LogP contribution in [0.2, 0.25) is 5.15 Å². The molecule has 0 spiro atoms. The largest absolute Gasteiger partial charge is 0.305 e. The molecule has 0 bridgehead atoms. The molecule has 0 saturated carbocycles. The van der Waals surface area contributed by atoms with Gasteiger partial charge in [-0.3, -0.25) is 9.89 Å². The van der Waals surface area contributed by atoms with Crippen molar-refractivity contribution in [3.63, 3.8) is 0 Å². The summed E-state index contributed by atoms with van der Waals surface area (Å²) < 4.78 is 1.55. The normalized spacial score (nSPS) is 10.9. The zero-order chi connectivity index (χ0) is 19.0. The predicted octanol–water partition coefficient (Wildman–Crippen LogP) is 4.85. The van der Waals surface area contributed by atoms with E-state index in [1.54, 1.807) is 29.0 Å². The molecule has 3 heterocycles. The minimum absolute atomic E-state index is 0.265. The Morgan fingerprint density at radius 1 is 1.19 bits per heavy atom. The SMILES string of the molecule is Cc1ccc(-c2cc(NC(=O)c3c(C)nn(-c4ccccc4)c3Cl)n[nH]2)s1. The molecule has 0 aliphatic carbocycles. The monoisotopic (exact) mass is 397 g/mol.